The zero-order chi connectivity index (χ0) is 16.9. The molecule has 0 atom stereocenters. The fraction of sp³-hybridized carbons (Fsp3) is 0.375. The number of hydrogen-bond acceptors (Lipinski definition) is 6. The third-order valence-electron chi connectivity index (χ3n) is 3.70. The lowest BCUT2D eigenvalue weighted by Gasteiger charge is -2.26. The molecule has 1 aromatic heterocycles. The van der Waals surface area contributed by atoms with Gasteiger partial charge in [0.05, 0.1) is 18.9 Å². The maximum absolute atomic E-state index is 6.00. The molecule has 128 valence electrons. The number of morpholine rings is 1. The summed E-state index contributed by atoms with van der Waals surface area (Å²) < 4.78 is 12.3. The molecule has 24 heavy (non-hydrogen) atoms. The highest BCUT2D eigenvalue weighted by Crippen LogP contribution is 2.33. The summed E-state index contributed by atoms with van der Waals surface area (Å²) in [5.74, 6) is 0.873. The van der Waals surface area contributed by atoms with E-state index in [2.05, 4.69) is 30.8 Å². The van der Waals surface area contributed by atoms with Gasteiger partial charge in [0.1, 0.15) is 17.5 Å². The number of benzene rings is 1. The first-order valence-electron chi connectivity index (χ1n) is 7.65. The molecule has 0 spiro atoms. The van der Waals surface area contributed by atoms with Gasteiger partial charge in [0, 0.05) is 35.7 Å². The van der Waals surface area contributed by atoms with Crippen molar-refractivity contribution in [1.82, 2.24) is 14.9 Å². The van der Waals surface area contributed by atoms with Gasteiger partial charge in [0.2, 0.25) is 5.95 Å². The van der Waals surface area contributed by atoms with Crippen molar-refractivity contribution in [3.8, 4) is 17.0 Å². The monoisotopic (exact) mass is 412 g/mol. The Balaban J connectivity index is 1.75. The quantitative estimate of drug-likeness (QED) is 0.760. The van der Waals surface area contributed by atoms with E-state index >= 15 is 0 Å². The first-order valence-corrected chi connectivity index (χ1v) is 8.82. The molecule has 2 aromatic rings. The maximum Gasteiger partial charge on any atom is 0.221 e. The van der Waals surface area contributed by atoms with E-state index in [9.17, 15) is 0 Å². The van der Waals surface area contributed by atoms with Crippen molar-refractivity contribution in [3.63, 3.8) is 0 Å². The minimum absolute atomic E-state index is 0.136. The van der Waals surface area contributed by atoms with Crippen LogP contribution in [0.5, 0.6) is 5.75 Å². The molecular formula is C16H18BrClN4O2. The molecule has 0 bridgehead atoms. The summed E-state index contributed by atoms with van der Waals surface area (Å²) >= 11 is 9.47. The van der Waals surface area contributed by atoms with Gasteiger partial charge in [-0.05, 0) is 18.2 Å². The lowest BCUT2D eigenvalue weighted by atomic mass is 10.1. The van der Waals surface area contributed by atoms with Crippen LogP contribution in [0.1, 0.15) is 0 Å². The highest BCUT2D eigenvalue weighted by Gasteiger charge is 2.13. The van der Waals surface area contributed by atoms with Crippen LogP contribution in [0.25, 0.3) is 11.3 Å². The Morgan fingerprint density at radius 1 is 1.25 bits per heavy atom. The van der Waals surface area contributed by atoms with Crippen LogP contribution in [0.3, 0.4) is 0 Å². The van der Waals surface area contributed by atoms with Gasteiger partial charge in [-0.1, -0.05) is 27.5 Å². The van der Waals surface area contributed by atoms with Crippen LogP contribution in [0.2, 0.25) is 5.15 Å². The SMILES string of the molecule is Nc1nc(Cl)cc(-c2cc(Br)ccc2OCCN2CCOCC2)n1. The summed E-state index contributed by atoms with van der Waals surface area (Å²) in [6, 6.07) is 7.45. The summed E-state index contributed by atoms with van der Waals surface area (Å²) in [4.78, 5) is 10.5. The van der Waals surface area contributed by atoms with Crippen molar-refractivity contribution in [2.24, 2.45) is 0 Å². The zero-order valence-electron chi connectivity index (χ0n) is 13.0. The van der Waals surface area contributed by atoms with Crippen molar-refractivity contribution in [3.05, 3.63) is 33.9 Å². The number of anilines is 1. The zero-order valence-corrected chi connectivity index (χ0v) is 15.4. The first kappa shape index (κ1) is 17.4. The Kier molecular flexibility index (Phi) is 5.89. The smallest absolute Gasteiger partial charge is 0.221 e. The average Bonchev–Trinajstić information content (AvgIpc) is 2.56. The van der Waals surface area contributed by atoms with Crippen LogP contribution in [-0.2, 0) is 4.74 Å². The van der Waals surface area contributed by atoms with Crippen LogP contribution in [-0.4, -0.2) is 54.3 Å². The summed E-state index contributed by atoms with van der Waals surface area (Å²) in [6.07, 6.45) is 0. The highest BCUT2D eigenvalue weighted by molar-refractivity contribution is 9.10. The molecule has 1 aromatic carbocycles. The van der Waals surface area contributed by atoms with Gasteiger partial charge < -0.3 is 15.2 Å². The molecule has 0 aliphatic carbocycles. The van der Waals surface area contributed by atoms with Crippen molar-refractivity contribution in [1.29, 1.82) is 0 Å². The van der Waals surface area contributed by atoms with Gasteiger partial charge in [-0.15, -0.1) is 0 Å². The van der Waals surface area contributed by atoms with Crippen LogP contribution < -0.4 is 10.5 Å². The molecule has 8 heteroatoms. The first-order chi connectivity index (χ1) is 11.6. The number of rotatable bonds is 5. The van der Waals surface area contributed by atoms with E-state index in [-0.39, 0.29) is 5.95 Å². The molecule has 2 heterocycles. The summed E-state index contributed by atoms with van der Waals surface area (Å²) in [5.41, 5.74) is 7.16. The minimum atomic E-state index is 0.136. The predicted molar refractivity (Wildman–Crippen MR) is 97.3 cm³/mol. The van der Waals surface area contributed by atoms with E-state index in [0.29, 0.717) is 17.5 Å². The molecule has 0 unspecified atom stereocenters. The fourth-order valence-electron chi connectivity index (χ4n) is 2.51. The molecular weight excluding hydrogens is 396 g/mol. The van der Waals surface area contributed by atoms with E-state index in [0.717, 1.165) is 48.6 Å². The van der Waals surface area contributed by atoms with Crippen LogP contribution >= 0.6 is 27.5 Å². The van der Waals surface area contributed by atoms with Gasteiger partial charge in [0.25, 0.3) is 0 Å². The molecule has 3 rings (SSSR count). The average molecular weight is 414 g/mol. The molecule has 0 radical (unpaired) electrons. The molecule has 2 N–H and O–H groups in total. The maximum atomic E-state index is 6.00. The lowest BCUT2D eigenvalue weighted by Crippen LogP contribution is -2.38. The second-order valence-corrected chi connectivity index (χ2v) is 6.68. The van der Waals surface area contributed by atoms with E-state index in [1.807, 2.05) is 18.2 Å². The molecule has 1 fully saturated rings. The molecule has 1 aliphatic rings. The highest BCUT2D eigenvalue weighted by atomic mass is 79.9. The standard InChI is InChI=1S/C16H18BrClN4O2/c17-11-1-2-14(24-8-5-22-3-6-23-7-4-22)12(9-11)13-10-15(18)21-16(19)20-13/h1-2,9-10H,3-8H2,(H2,19,20,21). The van der Waals surface area contributed by atoms with E-state index in [4.69, 9.17) is 26.8 Å². The topological polar surface area (TPSA) is 73.5 Å². The Labute approximate surface area is 154 Å². The second-order valence-electron chi connectivity index (χ2n) is 5.38. The largest absolute Gasteiger partial charge is 0.492 e. The summed E-state index contributed by atoms with van der Waals surface area (Å²) in [7, 11) is 0. The fourth-order valence-corrected chi connectivity index (χ4v) is 3.06. The van der Waals surface area contributed by atoms with Gasteiger partial charge in [0.15, 0.2) is 0 Å². The third kappa shape index (κ3) is 4.57. The number of nitrogens with two attached hydrogens (primary N) is 1. The molecule has 6 nitrogen and oxygen atoms in total. The number of nitrogens with zero attached hydrogens (tertiary/aromatic N) is 3. The summed E-state index contributed by atoms with van der Waals surface area (Å²) in [5, 5.41) is 0.303. The van der Waals surface area contributed by atoms with E-state index < -0.39 is 0 Å². The Bertz CT molecular complexity index is 690. The molecule has 1 saturated heterocycles. The van der Waals surface area contributed by atoms with Crippen molar-refractivity contribution in [2.45, 2.75) is 0 Å². The minimum Gasteiger partial charge on any atom is -0.492 e. The molecule has 0 amide bonds. The Hall–Kier alpha value is -1.41. The second kappa shape index (κ2) is 8.11. The van der Waals surface area contributed by atoms with E-state index in [1.165, 1.54) is 0 Å². The summed E-state index contributed by atoms with van der Waals surface area (Å²) in [6.45, 7) is 4.88. The number of aromatic nitrogens is 2. The van der Waals surface area contributed by atoms with Crippen LogP contribution in [0, 0.1) is 0 Å². The number of nitrogen functional groups attached to an aromatic ring is 1. The molecule has 1 aliphatic heterocycles. The predicted octanol–water partition coefficient (Wildman–Crippen LogP) is 2.85. The number of ether oxygens (including phenoxy) is 2. The van der Waals surface area contributed by atoms with Gasteiger partial charge in [-0.3, -0.25) is 4.90 Å². The van der Waals surface area contributed by atoms with Crippen molar-refractivity contribution in [2.75, 3.05) is 45.2 Å². The van der Waals surface area contributed by atoms with Crippen molar-refractivity contribution < 1.29 is 9.47 Å². The molecule has 0 saturated carbocycles. The van der Waals surface area contributed by atoms with Gasteiger partial charge in [-0.25, -0.2) is 9.97 Å². The third-order valence-corrected chi connectivity index (χ3v) is 4.39. The lowest BCUT2D eigenvalue weighted by molar-refractivity contribution is 0.0323. The number of halogens is 2. The van der Waals surface area contributed by atoms with Crippen LogP contribution in [0.15, 0.2) is 28.7 Å². The van der Waals surface area contributed by atoms with Crippen molar-refractivity contribution >= 4 is 33.5 Å². The van der Waals surface area contributed by atoms with Gasteiger partial charge >= 0.3 is 0 Å². The Morgan fingerprint density at radius 3 is 2.79 bits per heavy atom. The Morgan fingerprint density at radius 2 is 2.04 bits per heavy atom. The van der Waals surface area contributed by atoms with Crippen LogP contribution in [0.4, 0.5) is 5.95 Å². The normalized spacial score (nSPS) is 15.4. The number of hydrogen-bond donors (Lipinski definition) is 1. The van der Waals surface area contributed by atoms with E-state index in [1.54, 1.807) is 6.07 Å². The van der Waals surface area contributed by atoms with Gasteiger partial charge in [-0.2, -0.15) is 0 Å².